The monoisotopic (exact) mass is 267 g/mol. The topological polar surface area (TPSA) is 71.0 Å². The van der Waals surface area contributed by atoms with E-state index in [-0.39, 0.29) is 13.2 Å². The van der Waals surface area contributed by atoms with E-state index >= 15 is 0 Å². The molecule has 1 heterocycles. The normalized spacial score (nSPS) is 23.5. The van der Waals surface area contributed by atoms with E-state index in [1.165, 1.54) is 0 Å². The number of hydrogen-bond acceptors (Lipinski definition) is 5. The number of nitrogens with one attached hydrogen (secondary N) is 1. The van der Waals surface area contributed by atoms with Crippen LogP contribution < -0.4 is 10.1 Å². The maximum atomic E-state index is 9.80. The highest BCUT2D eigenvalue weighted by Gasteiger charge is 2.37. The molecule has 1 aromatic carbocycles. The second-order valence-corrected chi connectivity index (χ2v) is 4.82. The summed E-state index contributed by atoms with van der Waals surface area (Å²) in [5, 5.41) is 22.8. The first-order valence-electron chi connectivity index (χ1n) is 6.47. The van der Waals surface area contributed by atoms with Gasteiger partial charge in [-0.05, 0) is 6.07 Å². The molecule has 2 atom stereocenters. The third-order valence-corrected chi connectivity index (χ3v) is 3.49. The predicted octanol–water partition coefficient (Wildman–Crippen LogP) is 0.254. The van der Waals surface area contributed by atoms with Gasteiger partial charge in [0.05, 0.1) is 31.5 Å². The van der Waals surface area contributed by atoms with Crippen LogP contribution in [0.4, 0.5) is 0 Å². The number of hydrogen-bond donors (Lipinski definition) is 3. The highest BCUT2D eigenvalue weighted by atomic mass is 16.5. The lowest BCUT2D eigenvalue weighted by molar-refractivity contribution is 0.0439. The van der Waals surface area contributed by atoms with Gasteiger partial charge in [0.25, 0.3) is 0 Å². The number of aliphatic hydroxyl groups is 2. The minimum atomic E-state index is -0.594. The molecule has 19 heavy (non-hydrogen) atoms. The van der Waals surface area contributed by atoms with E-state index in [1.807, 2.05) is 24.3 Å². The summed E-state index contributed by atoms with van der Waals surface area (Å²) in [5.74, 6) is 0.788. The summed E-state index contributed by atoms with van der Waals surface area (Å²) in [5.41, 5.74) is 0.386. The molecule has 0 unspecified atom stereocenters. The van der Waals surface area contributed by atoms with Crippen LogP contribution in [0.2, 0.25) is 0 Å². The summed E-state index contributed by atoms with van der Waals surface area (Å²) < 4.78 is 10.5. The Morgan fingerprint density at radius 2 is 2.26 bits per heavy atom. The first-order valence-corrected chi connectivity index (χ1v) is 6.47. The van der Waals surface area contributed by atoms with Crippen molar-refractivity contribution in [3.05, 3.63) is 29.8 Å². The van der Waals surface area contributed by atoms with E-state index in [9.17, 15) is 10.2 Å². The minimum Gasteiger partial charge on any atom is -0.493 e. The van der Waals surface area contributed by atoms with Crippen molar-refractivity contribution in [3.63, 3.8) is 0 Å². The van der Waals surface area contributed by atoms with Gasteiger partial charge in [0.2, 0.25) is 0 Å². The van der Waals surface area contributed by atoms with Crippen LogP contribution in [0, 0.1) is 0 Å². The second-order valence-electron chi connectivity index (χ2n) is 4.82. The van der Waals surface area contributed by atoms with Gasteiger partial charge in [0.1, 0.15) is 5.75 Å². The lowest BCUT2D eigenvalue weighted by atomic mass is 9.85. The average Bonchev–Trinajstić information content (AvgIpc) is 2.45. The largest absolute Gasteiger partial charge is 0.493 e. The number of benzene rings is 1. The first-order chi connectivity index (χ1) is 9.22. The van der Waals surface area contributed by atoms with Crippen molar-refractivity contribution < 1.29 is 19.7 Å². The van der Waals surface area contributed by atoms with Crippen molar-refractivity contribution in [1.29, 1.82) is 0 Å². The molecule has 3 N–H and O–H groups in total. The van der Waals surface area contributed by atoms with E-state index in [1.54, 1.807) is 7.11 Å². The molecule has 5 heteroatoms. The fraction of sp³-hybridized carbons (Fsp3) is 0.571. The number of aliphatic hydroxyl groups excluding tert-OH is 2. The molecule has 5 nitrogen and oxygen atoms in total. The lowest BCUT2D eigenvalue weighted by Crippen LogP contribution is -2.51. The molecular weight excluding hydrogens is 246 g/mol. The van der Waals surface area contributed by atoms with Crippen molar-refractivity contribution in [3.8, 4) is 5.75 Å². The Labute approximate surface area is 113 Å². The van der Waals surface area contributed by atoms with Crippen molar-refractivity contribution >= 4 is 0 Å². The summed E-state index contributed by atoms with van der Waals surface area (Å²) in [7, 11) is 1.55. The molecule has 106 valence electrons. The molecule has 2 rings (SSSR count). The van der Waals surface area contributed by atoms with Gasteiger partial charge in [-0.25, -0.2) is 0 Å². The van der Waals surface area contributed by atoms with Gasteiger partial charge in [-0.15, -0.1) is 0 Å². The molecule has 0 fully saturated rings. The van der Waals surface area contributed by atoms with Crippen molar-refractivity contribution in [2.24, 2.45) is 0 Å². The third kappa shape index (κ3) is 3.06. The van der Waals surface area contributed by atoms with Crippen molar-refractivity contribution in [2.45, 2.75) is 18.1 Å². The maximum Gasteiger partial charge on any atom is 0.124 e. The van der Waals surface area contributed by atoms with Gasteiger partial charge in [0, 0.05) is 25.6 Å². The SMILES string of the molecule is COC[C@H](O)CN[C@]1(CO)CCOc2ccccc21. The smallest absolute Gasteiger partial charge is 0.124 e. The van der Waals surface area contributed by atoms with E-state index in [2.05, 4.69) is 5.32 Å². The standard InChI is InChI=1S/C14H21NO4/c1-18-9-11(17)8-15-14(10-16)6-7-19-13-5-3-2-4-12(13)14/h2-5,11,15-17H,6-10H2,1H3/t11-,14+/m1/s1. The molecule has 0 aromatic heterocycles. The Morgan fingerprint density at radius 1 is 1.47 bits per heavy atom. The maximum absolute atomic E-state index is 9.80. The van der Waals surface area contributed by atoms with E-state index in [0.717, 1.165) is 11.3 Å². The zero-order chi connectivity index (χ0) is 13.7. The Hall–Kier alpha value is -1.14. The van der Waals surface area contributed by atoms with Gasteiger partial charge >= 0.3 is 0 Å². The van der Waals surface area contributed by atoms with Gasteiger partial charge in [0.15, 0.2) is 0 Å². The van der Waals surface area contributed by atoms with Gasteiger partial charge in [-0.1, -0.05) is 18.2 Å². The van der Waals surface area contributed by atoms with Crippen LogP contribution in [-0.4, -0.2) is 49.8 Å². The molecule has 0 saturated carbocycles. The number of rotatable bonds is 6. The average molecular weight is 267 g/mol. The first kappa shape index (κ1) is 14.3. The molecule has 0 aliphatic carbocycles. The zero-order valence-electron chi connectivity index (χ0n) is 11.1. The molecule has 0 saturated heterocycles. The minimum absolute atomic E-state index is 0.0346. The highest BCUT2D eigenvalue weighted by molar-refractivity contribution is 5.41. The quantitative estimate of drug-likeness (QED) is 0.689. The Bertz CT molecular complexity index is 412. The summed E-state index contributed by atoms with van der Waals surface area (Å²) >= 11 is 0. The van der Waals surface area contributed by atoms with Crippen LogP contribution in [-0.2, 0) is 10.3 Å². The Kier molecular flexibility index (Phi) is 4.76. The number of methoxy groups -OCH3 is 1. The second kappa shape index (κ2) is 6.34. The Balaban J connectivity index is 2.15. The predicted molar refractivity (Wildman–Crippen MR) is 71.2 cm³/mol. The number of ether oxygens (including phenoxy) is 2. The summed E-state index contributed by atoms with van der Waals surface area (Å²) in [6.45, 7) is 1.15. The fourth-order valence-electron chi connectivity index (χ4n) is 2.43. The van der Waals surface area contributed by atoms with Crippen LogP contribution in [0.15, 0.2) is 24.3 Å². The molecule has 0 bridgehead atoms. The van der Waals surface area contributed by atoms with Crippen LogP contribution >= 0.6 is 0 Å². The number of fused-ring (bicyclic) bond motifs is 1. The summed E-state index contributed by atoms with van der Waals surface area (Å²) in [4.78, 5) is 0. The molecule has 0 amide bonds. The number of para-hydroxylation sites is 1. The van der Waals surface area contributed by atoms with Crippen molar-refractivity contribution in [2.75, 3.05) is 33.5 Å². The summed E-state index contributed by atoms with van der Waals surface area (Å²) in [6.07, 6.45) is 0.0728. The van der Waals surface area contributed by atoms with E-state index in [4.69, 9.17) is 9.47 Å². The van der Waals surface area contributed by atoms with E-state index < -0.39 is 11.6 Å². The highest BCUT2D eigenvalue weighted by Crippen LogP contribution is 2.36. The van der Waals surface area contributed by atoms with Crippen LogP contribution in [0.5, 0.6) is 5.75 Å². The van der Waals surface area contributed by atoms with E-state index in [0.29, 0.717) is 19.6 Å². The molecule has 0 spiro atoms. The fourth-order valence-corrected chi connectivity index (χ4v) is 2.43. The van der Waals surface area contributed by atoms with Crippen LogP contribution in [0.3, 0.4) is 0 Å². The van der Waals surface area contributed by atoms with Gasteiger partial charge in [-0.2, -0.15) is 0 Å². The molecule has 1 aliphatic heterocycles. The lowest BCUT2D eigenvalue weighted by Gasteiger charge is -2.38. The molecular formula is C14H21NO4. The van der Waals surface area contributed by atoms with Crippen LogP contribution in [0.25, 0.3) is 0 Å². The summed E-state index contributed by atoms with van der Waals surface area (Å²) in [6, 6.07) is 7.67. The van der Waals surface area contributed by atoms with Gasteiger partial charge < -0.3 is 25.0 Å². The zero-order valence-corrected chi connectivity index (χ0v) is 11.1. The molecule has 0 radical (unpaired) electrons. The van der Waals surface area contributed by atoms with Gasteiger partial charge in [-0.3, -0.25) is 0 Å². The molecule has 1 aromatic rings. The van der Waals surface area contributed by atoms with Crippen LogP contribution in [0.1, 0.15) is 12.0 Å². The third-order valence-electron chi connectivity index (χ3n) is 3.49. The Morgan fingerprint density at radius 3 is 3.00 bits per heavy atom. The van der Waals surface area contributed by atoms with Crippen molar-refractivity contribution in [1.82, 2.24) is 5.32 Å². The molecule has 1 aliphatic rings.